The Hall–Kier alpha value is -0.610. The fraction of sp³-hybridized carbons (Fsp3) is 0.647. The van der Waals surface area contributed by atoms with Gasteiger partial charge < -0.3 is 5.32 Å². The second kappa shape index (κ2) is 7.10. The average molecular weight is 308 g/mol. The van der Waals surface area contributed by atoms with Gasteiger partial charge in [-0.2, -0.15) is 0 Å². The van der Waals surface area contributed by atoms with Crippen LogP contribution in [0.1, 0.15) is 30.0 Å². The van der Waals surface area contributed by atoms with Crippen LogP contribution < -0.4 is 5.32 Å². The lowest BCUT2D eigenvalue weighted by Gasteiger charge is -2.35. The lowest BCUT2D eigenvalue weighted by molar-refractivity contribution is 0.150. The Labute approximate surface area is 133 Å². The molecule has 0 amide bonds. The van der Waals surface area contributed by atoms with E-state index in [0.29, 0.717) is 6.04 Å². The van der Waals surface area contributed by atoms with E-state index < -0.39 is 0 Å². The Kier molecular flexibility index (Phi) is 5.17. The van der Waals surface area contributed by atoms with Crippen molar-refractivity contribution >= 4 is 11.6 Å². The molecule has 0 spiro atoms. The molecule has 3 rings (SSSR count). The molecular formula is C17H26ClN3. The van der Waals surface area contributed by atoms with Crippen LogP contribution in [0.2, 0.25) is 5.02 Å². The number of nitrogens with zero attached hydrogens (tertiary/aromatic N) is 2. The summed E-state index contributed by atoms with van der Waals surface area (Å²) in [4.78, 5) is 5.26. The first-order valence-corrected chi connectivity index (χ1v) is 8.55. The van der Waals surface area contributed by atoms with Gasteiger partial charge in [0.15, 0.2) is 0 Å². The fourth-order valence-electron chi connectivity index (χ4n) is 3.50. The summed E-state index contributed by atoms with van der Waals surface area (Å²) in [6.45, 7) is 10.3. The molecule has 0 radical (unpaired) electrons. The Morgan fingerprint density at radius 2 is 1.86 bits per heavy atom. The van der Waals surface area contributed by atoms with Crippen molar-refractivity contribution in [1.29, 1.82) is 0 Å². The third-order valence-electron chi connectivity index (χ3n) is 4.79. The number of halogens is 1. The van der Waals surface area contributed by atoms with Crippen molar-refractivity contribution in [2.45, 2.75) is 25.8 Å². The van der Waals surface area contributed by atoms with Crippen LogP contribution in [-0.2, 0) is 0 Å². The molecule has 2 heterocycles. The van der Waals surface area contributed by atoms with Gasteiger partial charge in [-0.3, -0.25) is 9.80 Å². The first-order valence-electron chi connectivity index (χ1n) is 8.17. The predicted molar refractivity (Wildman–Crippen MR) is 89.0 cm³/mol. The van der Waals surface area contributed by atoms with Gasteiger partial charge in [-0.25, -0.2) is 0 Å². The van der Waals surface area contributed by atoms with Crippen LogP contribution >= 0.6 is 11.6 Å². The van der Waals surface area contributed by atoms with E-state index in [9.17, 15) is 0 Å². The van der Waals surface area contributed by atoms with E-state index in [-0.39, 0.29) is 0 Å². The normalized spacial score (nSPS) is 22.6. The fourth-order valence-corrected chi connectivity index (χ4v) is 3.62. The third kappa shape index (κ3) is 3.78. The van der Waals surface area contributed by atoms with E-state index in [1.165, 1.54) is 37.1 Å². The molecule has 4 heteroatoms. The van der Waals surface area contributed by atoms with E-state index in [2.05, 4.69) is 40.2 Å². The molecular weight excluding hydrogens is 282 g/mol. The number of likely N-dealkylation sites (tertiary alicyclic amines) is 1. The highest BCUT2D eigenvalue weighted by molar-refractivity contribution is 6.31. The zero-order chi connectivity index (χ0) is 14.7. The van der Waals surface area contributed by atoms with Crippen LogP contribution in [0, 0.1) is 6.92 Å². The van der Waals surface area contributed by atoms with Gasteiger partial charge in [0.2, 0.25) is 0 Å². The minimum Gasteiger partial charge on any atom is -0.314 e. The topological polar surface area (TPSA) is 18.5 Å². The Morgan fingerprint density at radius 3 is 2.52 bits per heavy atom. The molecule has 0 aromatic heterocycles. The molecule has 1 aromatic rings. The molecule has 21 heavy (non-hydrogen) atoms. The van der Waals surface area contributed by atoms with Crippen molar-refractivity contribution in [2.24, 2.45) is 0 Å². The van der Waals surface area contributed by atoms with Crippen molar-refractivity contribution in [3.63, 3.8) is 0 Å². The largest absolute Gasteiger partial charge is 0.314 e. The standard InChI is InChI=1S/C17H26ClN3/c1-14-12-15(4-5-16(14)18)17(21-8-2-3-9-21)13-20-10-6-19-7-11-20/h4-5,12,17,19H,2-3,6-11,13H2,1H3. The maximum atomic E-state index is 6.20. The Balaban J connectivity index is 1.78. The zero-order valence-corrected chi connectivity index (χ0v) is 13.7. The van der Waals surface area contributed by atoms with Gasteiger partial charge in [0, 0.05) is 43.8 Å². The summed E-state index contributed by atoms with van der Waals surface area (Å²) in [5, 5.41) is 4.32. The molecule has 2 aliphatic heterocycles. The average Bonchev–Trinajstić information content (AvgIpc) is 3.03. The van der Waals surface area contributed by atoms with Crippen molar-refractivity contribution in [3.8, 4) is 0 Å². The van der Waals surface area contributed by atoms with Crippen molar-refractivity contribution in [2.75, 3.05) is 45.8 Å². The SMILES string of the molecule is Cc1cc(C(CN2CCNCC2)N2CCCC2)ccc1Cl. The number of benzene rings is 1. The molecule has 2 saturated heterocycles. The van der Waals surface area contributed by atoms with Crippen molar-refractivity contribution < 1.29 is 0 Å². The van der Waals surface area contributed by atoms with Gasteiger partial charge in [0.1, 0.15) is 0 Å². The quantitative estimate of drug-likeness (QED) is 0.922. The summed E-state index contributed by atoms with van der Waals surface area (Å²) in [7, 11) is 0. The molecule has 0 bridgehead atoms. The zero-order valence-electron chi connectivity index (χ0n) is 12.9. The van der Waals surface area contributed by atoms with E-state index in [0.717, 1.165) is 37.7 Å². The monoisotopic (exact) mass is 307 g/mol. The maximum absolute atomic E-state index is 6.20. The lowest BCUT2D eigenvalue weighted by atomic mass is 10.0. The molecule has 2 fully saturated rings. The van der Waals surface area contributed by atoms with Gasteiger partial charge in [-0.15, -0.1) is 0 Å². The van der Waals surface area contributed by atoms with Crippen LogP contribution in [0.25, 0.3) is 0 Å². The highest BCUT2D eigenvalue weighted by atomic mass is 35.5. The van der Waals surface area contributed by atoms with Crippen LogP contribution in [-0.4, -0.2) is 55.6 Å². The van der Waals surface area contributed by atoms with E-state index in [1.807, 2.05) is 0 Å². The number of piperazine rings is 1. The third-order valence-corrected chi connectivity index (χ3v) is 5.21. The number of nitrogens with one attached hydrogen (secondary N) is 1. The van der Waals surface area contributed by atoms with Crippen LogP contribution in [0.5, 0.6) is 0 Å². The molecule has 116 valence electrons. The van der Waals surface area contributed by atoms with Gasteiger partial charge >= 0.3 is 0 Å². The highest BCUT2D eigenvalue weighted by Gasteiger charge is 2.26. The van der Waals surface area contributed by atoms with E-state index in [4.69, 9.17) is 11.6 Å². The molecule has 0 saturated carbocycles. The molecule has 3 nitrogen and oxygen atoms in total. The first-order chi connectivity index (χ1) is 10.2. The molecule has 1 unspecified atom stereocenters. The number of hydrogen-bond donors (Lipinski definition) is 1. The van der Waals surface area contributed by atoms with Crippen molar-refractivity contribution in [3.05, 3.63) is 34.3 Å². The maximum Gasteiger partial charge on any atom is 0.0475 e. The smallest absolute Gasteiger partial charge is 0.0475 e. The number of rotatable bonds is 4. The van der Waals surface area contributed by atoms with E-state index in [1.54, 1.807) is 0 Å². The van der Waals surface area contributed by atoms with Gasteiger partial charge in [-0.1, -0.05) is 23.7 Å². The van der Waals surface area contributed by atoms with Gasteiger partial charge in [0.05, 0.1) is 0 Å². The summed E-state index contributed by atoms with van der Waals surface area (Å²) in [6, 6.07) is 7.09. The Bertz CT molecular complexity index is 465. The van der Waals surface area contributed by atoms with E-state index >= 15 is 0 Å². The molecule has 2 aliphatic rings. The molecule has 1 N–H and O–H groups in total. The highest BCUT2D eigenvalue weighted by Crippen LogP contribution is 2.28. The minimum absolute atomic E-state index is 0.515. The number of hydrogen-bond acceptors (Lipinski definition) is 3. The summed E-state index contributed by atoms with van der Waals surface area (Å²) in [5.74, 6) is 0. The first kappa shape index (κ1) is 15.3. The summed E-state index contributed by atoms with van der Waals surface area (Å²) < 4.78 is 0. The Morgan fingerprint density at radius 1 is 1.14 bits per heavy atom. The van der Waals surface area contributed by atoms with Crippen LogP contribution in [0.15, 0.2) is 18.2 Å². The van der Waals surface area contributed by atoms with Crippen molar-refractivity contribution in [1.82, 2.24) is 15.1 Å². The van der Waals surface area contributed by atoms with Gasteiger partial charge in [0.25, 0.3) is 0 Å². The number of aryl methyl sites for hydroxylation is 1. The summed E-state index contributed by atoms with van der Waals surface area (Å²) in [5.41, 5.74) is 2.62. The second-order valence-electron chi connectivity index (χ2n) is 6.32. The summed E-state index contributed by atoms with van der Waals surface area (Å²) >= 11 is 6.20. The minimum atomic E-state index is 0.515. The lowest BCUT2D eigenvalue weighted by Crippen LogP contribution is -2.47. The predicted octanol–water partition coefficient (Wildman–Crippen LogP) is 2.69. The molecule has 1 aromatic carbocycles. The molecule has 0 aliphatic carbocycles. The van der Waals surface area contributed by atoms with Crippen LogP contribution in [0.4, 0.5) is 0 Å². The van der Waals surface area contributed by atoms with Gasteiger partial charge in [-0.05, 0) is 50.0 Å². The molecule has 1 atom stereocenters. The van der Waals surface area contributed by atoms with Crippen LogP contribution in [0.3, 0.4) is 0 Å². The second-order valence-corrected chi connectivity index (χ2v) is 6.73. The summed E-state index contributed by atoms with van der Waals surface area (Å²) in [6.07, 6.45) is 2.68.